The van der Waals surface area contributed by atoms with Crippen molar-refractivity contribution in [3.8, 4) is 11.6 Å². The summed E-state index contributed by atoms with van der Waals surface area (Å²) >= 11 is 0. The van der Waals surface area contributed by atoms with E-state index in [1.807, 2.05) is 36.5 Å². The summed E-state index contributed by atoms with van der Waals surface area (Å²) in [6, 6.07) is 10.0. The molecule has 0 spiro atoms. The highest BCUT2D eigenvalue weighted by atomic mass is 16.3. The molecule has 0 bridgehead atoms. The Morgan fingerprint density at radius 2 is 2.10 bits per heavy atom. The number of hydrogen-bond donors (Lipinski definition) is 1. The van der Waals surface area contributed by atoms with Crippen LogP contribution < -0.4 is 5.73 Å². The summed E-state index contributed by atoms with van der Waals surface area (Å²) in [4.78, 5) is 9.17. The summed E-state index contributed by atoms with van der Waals surface area (Å²) in [5.74, 6) is 1.37. The molecule has 1 aromatic carbocycles. The highest BCUT2D eigenvalue weighted by molar-refractivity contribution is 5.81. The third-order valence-corrected chi connectivity index (χ3v) is 4.12. The van der Waals surface area contributed by atoms with Gasteiger partial charge in [0.25, 0.3) is 0 Å². The molecule has 4 rings (SSSR count). The number of fused-ring (bicyclic) bond motifs is 2. The van der Waals surface area contributed by atoms with Crippen LogP contribution in [0.2, 0.25) is 0 Å². The number of para-hydroxylation sites is 1. The molecule has 0 amide bonds. The van der Waals surface area contributed by atoms with Crippen molar-refractivity contribution in [2.75, 3.05) is 0 Å². The van der Waals surface area contributed by atoms with E-state index in [1.165, 1.54) is 0 Å². The molecule has 1 atom stereocenters. The summed E-state index contributed by atoms with van der Waals surface area (Å²) < 4.78 is 5.85. The van der Waals surface area contributed by atoms with E-state index in [9.17, 15) is 0 Å². The van der Waals surface area contributed by atoms with Crippen LogP contribution in [0.25, 0.3) is 22.6 Å². The van der Waals surface area contributed by atoms with E-state index in [1.54, 1.807) is 0 Å². The summed E-state index contributed by atoms with van der Waals surface area (Å²) in [5.41, 5.74) is 9.22. The van der Waals surface area contributed by atoms with Crippen molar-refractivity contribution in [2.45, 2.75) is 31.7 Å². The Kier molecular flexibility index (Phi) is 2.97. The number of aromatic nitrogens is 2. The Balaban J connectivity index is 1.80. The Bertz CT molecular complexity index is 761. The highest BCUT2D eigenvalue weighted by Gasteiger charge is 2.19. The van der Waals surface area contributed by atoms with Gasteiger partial charge in [-0.05, 0) is 31.4 Å². The molecule has 0 aliphatic heterocycles. The maximum atomic E-state index is 6.19. The smallest absolute Gasteiger partial charge is 0.195 e. The second-order valence-electron chi connectivity index (χ2n) is 5.60. The van der Waals surface area contributed by atoms with Gasteiger partial charge < -0.3 is 10.2 Å². The summed E-state index contributed by atoms with van der Waals surface area (Å²) in [6.07, 6.45) is 6.15. The number of nitrogens with zero attached hydrogens (tertiary/aromatic N) is 2. The van der Waals surface area contributed by atoms with Crippen LogP contribution in [0.1, 0.15) is 36.6 Å². The molecular weight excluding hydrogens is 262 g/mol. The van der Waals surface area contributed by atoms with Gasteiger partial charge in [-0.1, -0.05) is 24.6 Å². The lowest BCUT2D eigenvalue weighted by atomic mass is 10.1. The Morgan fingerprint density at radius 1 is 1.19 bits per heavy atom. The van der Waals surface area contributed by atoms with Crippen LogP contribution in [-0.4, -0.2) is 9.97 Å². The standard InChI is InChI=1S/C17H17N3O/c18-13-6-2-3-7-14-12(13)10-19-17(20-14)16-9-11-5-1-4-8-15(11)21-16/h1,4-5,8-10,13H,2-3,6-7,18H2. The maximum absolute atomic E-state index is 6.19. The molecule has 4 nitrogen and oxygen atoms in total. The monoisotopic (exact) mass is 279 g/mol. The van der Waals surface area contributed by atoms with Gasteiger partial charge in [-0.25, -0.2) is 9.97 Å². The van der Waals surface area contributed by atoms with Crippen molar-refractivity contribution >= 4 is 11.0 Å². The molecule has 2 heterocycles. The van der Waals surface area contributed by atoms with E-state index in [0.29, 0.717) is 5.82 Å². The first-order chi connectivity index (χ1) is 10.3. The van der Waals surface area contributed by atoms with Gasteiger partial charge in [-0.3, -0.25) is 0 Å². The molecule has 0 saturated carbocycles. The van der Waals surface area contributed by atoms with E-state index in [4.69, 9.17) is 15.1 Å². The highest BCUT2D eigenvalue weighted by Crippen LogP contribution is 2.29. The van der Waals surface area contributed by atoms with Gasteiger partial charge in [0, 0.05) is 28.9 Å². The lowest BCUT2D eigenvalue weighted by Gasteiger charge is -2.11. The third-order valence-electron chi connectivity index (χ3n) is 4.12. The van der Waals surface area contributed by atoms with Gasteiger partial charge in [0.2, 0.25) is 0 Å². The Morgan fingerprint density at radius 3 is 3.00 bits per heavy atom. The van der Waals surface area contributed by atoms with Crippen molar-refractivity contribution in [2.24, 2.45) is 5.73 Å². The van der Waals surface area contributed by atoms with Crippen LogP contribution in [0, 0.1) is 0 Å². The number of nitrogens with two attached hydrogens (primary N) is 1. The molecule has 21 heavy (non-hydrogen) atoms. The van der Waals surface area contributed by atoms with Crippen LogP contribution >= 0.6 is 0 Å². The molecule has 2 aromatic heterocycles. The topological polar surface area (TPSA) is 64.9 Å². The minimum Gasteiger partial charge on any atom is -0.453 e. The number of aryl methyl sites for hydroxylation is 1. The predicted molar refractivity (Wildman–Crippen MR) is 81.7 cm³/mol. The normalized spacial score (nSPS) is 18.4. The fourth-order valence-electron chi connectivity index (χ4n) is 2.96. The minimum atomic E-state index is 0.0622. The molecule has 1 unspecified atom stereocenters. The number of benzene rings is 1. The van der Waals surface area contributed by atoms with Crippen molar-refractivity contribution in [3.63, 3.8) is 0 Å². The molecule has 2 N–H and O–H groups in total. The molecule has 0 fully saturated rings. The average Bonchev–Trinajstić information content (AvgIpc) is 2.86. The van der Waals surface area contributed by atoms with Crippen LogP contribution in [0.15, 0.2) is 40.9 Å². The van der Waals surface area contributed by atoms with Crippen LogP contribution in [0.4, 0.5) is 0 Å². The lowest BCUT2D eigenvalue weighted by Crippen LogP contribution is -2.12. The van der Waals surface area contributed by atoms with Crippen molar-refractivity contribution in [1.29, 1.82) is 0 Å². The van der Waals surface area contributed by atoms with E-state index in [0.717, 1.165) is 53.7 Å². The first kappa shape index (κ1) is 12.5. The maximum Gasteiger partial charge on any atom is 0.195 e. The SMILES string of the molecule is NC1CCCCc2nc(-c3cc4ccccc4o3)ncc21. The Hall–Kier alpha value is -2.20. The average molecular weight is 279 g/mol. The van der Waals surface area contributed by atoms with Gasteiger partial charge in [-0.15, -0.1) is 0 Å². The van der Waals surface area contributed by atoms with Crippen molar-refractivity contribution < 1.29 is 4.42 Å². The zero-order valence-corrected chi connectivity index (χ0v) is 11.7. The summed E-state index contributed by atoms with van der Waals surface area (Å²) in [5, 5.41) is 1.07. The molecule has 4 heteroatoms. The van der Waals surface area contributed by atoms with E-state index >= 15 is 0 Å². The second-order valence-corrected chi connectivity index (χ2v) is 5.60. The molecule has 1 aliphatic carbocycles. The zero-order valence-electron chi connectivity index (χ0n) is 11.7. The zero-order chi connectivity index (χ0) is 14.2. The first-order valence-corrected chi connectivity index (χ1v) is 7.41. The molecule has 0 radical (unpaired) electrons. The van der Waals surface area contributed by atoms with Gasteiger partial charge in [0.15, 0.2) is 11.6 Å². The molecular formula is C17H17N3O. The molecule has 106 valence electrons. The van der Waals surface area contributed by atoms with E-state index < -0.39 is 0 Å². The molecule has 3 aromatic rings. The largest absolute Gasteiger partial charge is 0.453 e. The van der Waals surface area contributed by atoms with Gasteiger partial charge in [0.1, 0.15) is 5.58 Å². The molecule has 1 aliphatic rings. The number of rotatable bonds is 1. The number of hydrogen-bond acceptors (Lipinski definition) is 4. The van der Waals surface area contributed by atoms with Crippen molar-refractivity contribution in [3.05, 3.63) is 47.8 Å². The fraction of sp³-hybridized carbons (Fsp3) is 0.294. The van der Waals surface area contributed by atoms with E-state index in [2.05, 4.69) is 4.98 Å². The second kappa shape index (κ2) is 4.97. The van der Waals surface area contributed by atoms with E-state index in [-0.39, 0.29) is 6.04 Å². The predicted octanol–water partition coefficient (Wildman–Crippen LogP) is 3.62. The Labute approximate surface area is 123 Å². The summed E-state index contributed by atoms with van der Waals surface area (Å²) in [7, 11) is 0. The first-order valence-electron chi connectivity index (χ1n) is 7.41. The number of furan rings is 1. The third kappa shape index (κ3) is 2.21. The minimum absolute atomic E-state index is 0.0622. The van der Waals surface area contributed by atoms with Gasteiger partial charge >= 0.3 is 0 Å². The van der Waals surface area contributed by atoms with Crippen LogP contribution in [0.5, 0.6) is 0 Å². The van der Waals surface area contributed by atoms with Crippen LogP contribution in [0.3, 0.4) is 0 Å². The van der Waals surface area contributed by atoms with Gasteiger partial charge in [0.05, 0.1) is 0 Å². The molecule has 0 saturated heterocycles. The quantitative estimate of drug-likeness (QED) is 0.691. The summed E-state index contributed by atoms with van der Waals surface area (Å²) in [6.45, 7) is 0. The fourth-order valence-corrected chi connectivity index (χ4v) is 2.96. The van der Waals surface area contributed by atoms with Crippen LogP contribution in [-0.2, 0) is 6.42 Å². The van der Waals surface area contributed by atoms with Crippen molar-refractivity contribution in [1.82, 2.24) is 9.97 Å². The lowest BCUT2D eigenvalue weighted by molar-refractivity contribution is 0.613. The van der Waals surface area contributed by atoms with Gasteiger partial charge in [-0.2, -0.15) is 0 Å².